The van der Waals surface area contributed by atoms with E-state index in [1.54, 1.807) is 21.3 Å². The summed E-state index contributed by atoms with van der Waals surface area (Å²) in [7, 11) is 0. The van der Waals surface area contributed by atoms with Crippen LogP contribution < -0.4 is 0 Å². The number of aryl methyl sites for hydroxylation is 2. The Kier molecular flexibility index (Phi) is 6.12. The van der Waals surface area contributed by atoms with Crippen LogP contribution in [0.5, 0.6) is 0 Å². The van der Waals surface area contributed by atoms with E-state index in [0.717, 1.165) is 6.07 Å². The highest BCUT2D eigenvalue weighted by molar-refractivity contribution is 6.33. The first kappa shape index (κ1) is 20.7. The zero-order valence-electron chi connectivity index (χ0n) is 15.7. The van der Waals surface area contributed by atoms with Crippen LogP contribution in [0.1, 0.15) is 22.6 Å². The van der Waals surface area contributed by atoms with Crippen molar-refractivity contribution in [3.8, 4) is 0 Å². The number of hydrogen-bond donors (Lipinski definition) is 0. The van der Waals surface area contributed by atoms with Crippen molar-refractivity contribution in [1.82, 2.24) is 19.4 Å². The maximum atomic E-state index is 13.2. The second-order valence-electron chi connectivity index (χ2n) is 6.64. The average molecular weight is 424 g/mol. The molecule has 2 heterocycles. The van der Waals surface area contributed by atoms with Gasteiger partial charge in [0.25, 0.3) is 5.91 Å². The number of aromatic nitrogens is 2. The maximum absolute atomic E-state index is 13.2. The van der Waals surface area contributed by atoms with E-state index in [1.165, 1.54) is 18.3 Å². The van der Waals surface area contributed by atoms with Crippen molar-refractivity contribution in [1.29, 1.82) is 0 Å². The van der Waals surface area contributed by atoms with Crippen LogP contribution in [0, 0.1) is 22.9 Å². The number of amides is 2. The van der Waals surface area contributed by atoms with Crippen molar-refractivity contribution >= 4 is 29.2 Å². The minimum absolute atomic E-state index is 0.0540. The first-order chi connectivity index (χ1) is 13.8. The van der Waals surface area contributed by atoms with Gasteiger partial charge in [-0.15, -0.1) is 0 Å². The number of piperazine rings is 1. The first-order valence-electron chi connectivity index (χ1n) is 8.96. The number of nitrogens with zero attached hydrogens (tertiary/aromatic N) is 5. The quantitative estimate of drug-likeness (QED) is 0.542. The van der Waals surface area contributed by atoms with Crippen LogP contribution in [0.25, 0.3) is 0 Å². The van der Waals surface area contributed by atoms with Crippen LogP contribution in [0.2, 0.25) is 5.02 Å². The third-order valence-corrected chi connectivity index (χ3v) is 5.11. The molecular weight excluding hydrogens is 405 g/mol. The zero-order valence-corrected chi connectivity index (χ0v) is 16.4. The lowest BCUT2D eigenvalue weighted by Crippen LogP contribution is -2.50. The second-order valence-corrected chi connectivity index (χ2v) is 7.05. The van der Waals surface area contributed by atoms with Gasteiger partial charge in [0, 0.05) is 46.1 Å². The fraction of sp³-hybridized carbons (Fsp3) is 0.389. The topological polar surface area (TPSA) is 102 Å². The van der Waals surface area contributed by atoms with E-state index < -0.39 is 10.7 Å². The van der Waals surface area contributed by atoms with Gasteiger partial charge in [0.15, 0.2) is 0 Å². The van der Waals surface area contributed by atoms with E-state index in [9.17, 15) is 24.1 Å². The van der Waals surface area contributed by atoms with Crippen LogP contribution in [0.4, 0.5) is 10.2 Å². The summed E-state index contributed by atoms with van der Waals surface area (Å²) in [5, 5.41) is 10.8. The van der Waals surface area contributed by atoms with Crippen molar-refractivity contribution in [3.63, 3.8) is 0 Å². The number of halogens is 2. The van der Waals surface area contributed by atoms with Crippen LogP contribution in [-0.2, 0) is 11.3 Å². The molecular formula is C18H19ClFN5O4. The Morgan fingerprint density at radius 3 is 2.48 bits per heavy atom. The summed E-state index contributed by atoms with van der Waals surface area (Å²) in [5.41, 5.74) is 0.227. The van der Waals surface area contributed by atoms with Crippen LogP contribution in [0.3, 0.4) is 0 Å². The Morgan fingerprint density at radius 2 is 1.90 bits per heavy atom. The second kappa shape index (κ2) is 8.56. The smallest absolute Gasteiger partial charge is 0.358 e. The van der Waals surface area contributed by atoms with Gasteiger partial charge in [-0.1, -0.05) is 11.6 Å². The van der Waals surface area contributed by atoms with Gasteiger partial charge in [-0.2, -0.15) is 0 Å². The van der Waals surface area contributed by atoms with Crippen molar-refractivity contribution in [2.24, 2.45) is 0 Å². The largest absolute Gasteiger partial charge is 0.381 e. The molecule has 2 amide bonds. The van der Waals surface area contributed by atoms with E-state index in [0.29, 0.717) is 32.0 Å². The summed E-state index contributed by atoms with van der Waals surface area (Å²) in [6, 6.07) is 3.63. The van der Waals surface area contributed by atoms with Gasteiger partial charge in [0.2, 0.25) is 11.7 Å². The van der Waals surface area contributed by atoms with Gasteiger partial charge in [0.05, 0.1) is 10.6 Å². The predicted octanol–water partition coefficient (Wildman–Crippen LogP) is 2.27. The molecule has 1 fully saturated rings. The van der Waals surface area contributed by atoms with Crippen molar-refractivity contribution in [3.05, 3.63) is 56.7 Å². The van der Waals surface area contributed by atoms with Crippen molar-refractivity contribution in [2.75, 3.05) is 26.2 Å². The number of carbonyl (C=O) groups excluding carboxylic acids is 2. The molecule has 0 spiro atoms. The average Bonchev–Trinajstić information content (AvgIpc) is 3.07. The minimum atomic E-state index is -0.574. The molecule has 29 heavy (non-hydrogen) atoms. The third-order valence-electron chi connectivity index (χ3n) is 4.80. The molecule has 1 aliphatic heterocycles. The summed E-state index contributed by atoms with van der Waals surface area (Å²) in [6.07, 6.45) is 1.48. The maximum Gasteiger partial charge on any atom is 0.381 e. The van der Waals surface area contributed by atoms with E-state index >= 15 is 0 Å². The molecule has 0 unspecified atom stereocenters. The van der Waals surface area contributed by atoms with Gasteiger partial charge < -0.3 is 24.5 Å². The monoisotopic (exact) mass is 423 g/mol. The first-order valence-corrected chi connectivity index (χ1v) is 9.34. The van der Waals surface area contributed by atoms with E-state index in [-0.39, 0.29) is 41.2 Å². The van der Waals surface area contributed by atoms with Gasteiger partial charge >= 0.3 is 5.82 Å². The Labute approximate surface area is 170 Å². The molecule has 0 saturated carbocycles. The van der Waals surface area contributed by atoms with Crippen molar-refractivity contribution < 1.29 is 18.9 Å². The Hall–Kier alpha value is -3.01. The third kappa shape index (κ3) is 4.70. The van der Waals surface area contributed by atoms with Crippen LogP contribution >= 0.6 is 11.6 Å². The summed E-state index contributed by atoms with van der Waals surface area (Å²) in [6.45, 7) is 3.35. The molecule has 154 valence electrons. The molecule has 9 nitrogen and oxygen atoms in total. The lowest BCUT2D eigenvalue weighted by Gasteiger charge is -2.35. The molecule has 1 aliphatic rings. The Bertz CT molecular complexity index is 956. The summed E-state index contributed by atoms with van der Waals surface area (Å²) in [5.74, 6) is -0.700. The fourth-order valence-electron chi connectivity index (χ4n) is 3.17. The van der Waals surface area contributed by atoms with Gasteiger partial charge in [0.1, 0.15) is 12.0 Å². The number of rotatable bonds is 5. The number of hydrogen-bond acceptors (Lipinski definition) is 5. The van der Waals surface area contributed by atoms with Gasteiger partial charge in [-0.05, 0) is 28.1 Å². The highest BCUT2D eigenvalue weighted by Crippen LogP contribution is 2.20. The summed E-state index contributed by atoms with van der Waals surface area (Å²) >= 11 is 5.95. The molecule has 0 N–H and O–H groups in total. The molecule has 2 aromatic rings. The lowest BCUT2D eigenvalue weighted by molar-refractivity contribution is -0.389. The van der Waals surface area contributed by atoms with E-state index in [4.69, 9.17) is 11.6 Å². The molecule has 0 bridgehead atoms. The van der Waals surface area contributed by atoms with Crippen molar-refractivity contribution in [2.45, 2.75) is 19.9 Å². The van der Waals surface area contributed by atoms with Crippen LogP contribution in [0.15, 0.2) is 24.4 Å². The van der Waals surface area contributed by atoms with Gasteiger partial charge in [-0.3, -0.25) is 9.59 Å². The van der Waals surface area contributed by atoms with E-state index in [1.807, 2.05) is 0 Å². The van der Waals surface area contributed by atoms with E-state index in [2.05, 4.69) is 4.98 Å². The predicted molar refractivity (Wildman–Crippen MR) is 102 cm³/mol. The lowest BCUT2D eigenvalue weighted by atomic mass is 10.1. The Balaban J connectivity index is 1.53. The minimum Gasteiger partial charge on any atom is -0.358 e. The molecule has 0 radical (unpaired) electrons. The Morgan fingerprint density at radius 1 is 1.24 bits per heavy atom. The highest BCUT2D eigenvalue weighted by atomic mass is 35.5. The highest BCUT2D eigenvalue weighted by Gasteiger charge is 2.26. The molecule has 0 atom stereocenters. The number of benzene rings is 1. The van der Waals surface area contributed by atoms with Crippen LogP contribution in [-0.4, -0.2) is 62.3 Å². The number of carbonyl (C=O) groups is 2. The molecule has 1 aromatic carbocycles. The standard InChI is InChI=1S/C18H19ClFN5O4/c1-12-21-16(25(28)29)11-24(12)5-4-17(26)22-6-8-23(9-7-22)18(27)14-3-2-13(20)10-15(14)19/h2-3,10-11H,4-9H2,1H3. The normalized spacial score (nSPS) is 14.2. The summed E-state index contributed by atoms with van der Waals surface area (Å²) in [4.78, 5) is 42.3. The molecule has 11 heteroatoms. The molecule has 0 aliphatic carbocycles. The molecule has 1 aromatic heterocycles. The fourth-order valence-corrected chi connectivity index (χ4v) is 3.42. The summed E-state index contributed by atoms with van der Waals surface area (Å²) < 4.78 is 14.7. The molecule has 1 saturated heterocycles. The zero-order chi connectivity index (χ0) is 21.1. The molecule has 3 rings (SSSR count). The van der Waals surface area contributed by atoms with Gasteiger partial charge in [-0.25, -0.2) is 4.39 Å². The SMILES string of the molecule is Cc1nc([N+](=O)[O-])cn1CCC(=O)N1CCN(C(=O)c2ccc(F)cc2Cl)CC1. The number of nitro groups is 1. The number of imidazole rings is 1.